The number of rotatable bonds is 0. The second-order valence-corrected chi connectivity index (χ2v) is 4.93. The number of halogens is 1. The molecule has 0 radical (unpaired) electrons. The molecule has 12 heavy (non-hydrogen) atoms. The number of aliphatic hydroxyl groups is 1. The Bertz CT molecular complexity index is 188. The fourth-order valence-corrected chi connectivity index (χ4v) is 3.81. The van der Waals surface area contributed by atoms with E-state index in [0.717, 1.165) is 25.2 Å². The van der Waals surface area contributed by atoms with Gasteiger partial charge in [-0.25, -0.2) is 4.39 Å². The molecule has 2 unspecified atom stereocenters. The van der Waals surface area contributed by atoms with E-state index < -0.39 is 6.17 Å². The molecule has 4 rings (SSSR count). The molecule has 4 bridgehead atoms. The molecule has 0 spiro atoms. The van der Waals surface area contributed by atoms with E-state index in [-0.39, 0.29) is 12.0 Å². The maximum absolute atomic E-state index is 13.6. The molecule has 2 heteroatoms. The Kier molecular flexibility index (Phi) is 1.35. The molecule has 4 fully saturated rings. The molecular formula is C10H15FO. The lowest BCUT2D eigenvalue weighted by Crippen LogP contribution is -2.54. The number of alkyl halides is 1. The maximum Gasteiger partial charge on any atom is 0.108 e. The fraction of sp³-hybridized carbons (Fsp3) is 1.00. The molecule has 0 aliphatic heterocycles. The minimum atomic E-state index is -0.687. The lowest BCUT2D eigenvalue weighted by Gasteiger charge is -2.54. The van der Waals surface area contributed by atoms with Crippen LogP contribution >= 0.6 is 0 Å². The Labute approximate surface area is 72.0 Å². The van der Waals surface area contributed by atoms with Gasteiger partial charge < -0.3 is 5.11 Å². The summed E-state index contributed by atoms with van der Waals surface area (Å²) in [5.74, 6) is 1.49. The summed E-state index contributed by atoms with van der Waals surface area (Å²) in [6.07, 6.45) is 3.17. The highest BCUT2D eigenvalue weighted by Gasteiger charge is 2.53. The number of aliphatic hydroxyl groups excluding tert-OH is 1. The van der Waals surface area contributed by atoms with Crippen LogP contribution in [-0.4, -0.2) is 17.4 Å². The summed E-state index contributed by atoms with van der Waals surface area (Å²) in [6.45, 7) is 0. The monoisotopic (exact) mass is 170 g/mol. The Morgan fingerprint density at radius 2 is 1.75 bits per heavy atom. The van der Waals surface area contributed by atoms with Crippen LogP contribution in [0.4, 0.5) is 4.39 Å². The van der Waals surface area contributed by atoms with E-state index in [1.54, 1.807) is 0 Å². The molecule has 68 valence electrons. The maximum atomic E-state index is 13.6. The Hall–Kier alpha value is -0.110. The van der Waals surface area contributed by atoms with Crippen LogP contribution < -0.4 is 0 Å². The van der Waals surface area contributed by atoms with Crippen LogP contribution in [0, 0.1) is 23.7 Å². The highest BCUT2D eigenvalue weighted by Crippen LogP contribution is 2.54. The fourth-order valence-electron chi connectivity index (χ4n) is 3.81. The van der Waals surface area contributed by atoms with Crippen molar-refractivity contribution < 1.29 is 9.50 Å². The lowest BCUT2D eigenvalue weighted by molar-refractivity contribution is -0.136. The first-order valence-corrected chi connectivity index (χ1v) is 5.08. The van der Waals surface area contributed by atoms with Crippen LogP contribution in [0.15, 0.2) is 0 Å². The minimum absolute atomic E-state index is 0.00116. The first-order valence-electron chi connectivity index (χ1n) is 5.08. The molecule has 0 amide bonds. The Morgan fingerprint density at radius 3 is 2.58 bits per heavy atom. The van der Waals surface area contributed by atoms with E-state index in [0.29, 0.717) is 11.8 Å². The summed E-state index contributed by atoms with van der Waals surface area (Å²) in [7, 11) is 0. The van der Waals surface area contributed by atoms with Crippen LogP contribution in [0.2, 0.25) is 0 Å². The molecule has 0 aromatic carbocycles. The van der Waals surface area contributed by atoms with Gasteiger partial charge in [-0.1, -0.05) is 0 Å². The smallest absolute Gasteiger partial charge is 0.108 e. The van der Waals surface area contributed by atoms with Gasteiger partial charge in [0.05, 0.1) is 6.10 Å². The predicted molar refractivity (Wildman–Crippen MR) is 43.3 cm³/mol. The SMILES string of the molecule is OC1[C@@H]2CC3C[C@@H](C2)[C@H](F)[C@@H]1C3. The molecule has 4 aliphatic carbocycles. The van der Waals surface area contributed by atoms with Crippen molar-refractivity contribution in [1.29, 1.82) is 0 Å². The molecule has 6 atom stereocenters. The van der Waals surface area contributed by atoms with Gasteiger partial charge in [0.25, 0.3) is 0 Å². The van der Waals surface area contributed by atoms with Gasteiger partial charge in [-0.15, -0.1) is 0 Å². The van der Waals surface area contributed by atoms with E-state index >= 15 is 0 Å². The van der Waals surface area contributed by atoms with Crippen LogP contribution in [0.3, 0.4) is 0 Å². The van der Waals surface area contributed by atoms with Gasteiger partial charge in [-0.3, -0.25) is 0 Å². The third-order valence-corrected chi connectivity index (χ3v) is 4.26. The van der Waals surface area contributed by atoms with E-state index in [1.807, 2.05) is 0 Å². The largest absolute Gasteiger partial charge is 0.392 e. The molecule has 0 heterocycles. The van der Waals surface area contributed by atoms with Crippen LogP contribution in [0.1, 0.15) is 25.7 Å². The average Bonchev–Trinajstić information content (AvgIpc) is 2.07. The quantitative estimate of drug-likeness (QED) is 0.587. The van der Waals surface area contributed by atoms with E-state index in [1.165, 1.54) is 6.42 Å². The van der Waals surface area contributed by atoms with Crippen molar-refractivity contribution in [2.75, 3.05) is 0 Å². The third-order valence-electron chi connectivity index (χ3n) is 4.26. The van der Waals surface area contributed by atoms with Gasteiger partial charge in [-0.2, -0.15) is 0 Å². The molecule has 0 aromatic rings. The van der Waals surface area contributed by atoms with Gasteiger partial charge in [0.2, 0.25) is 0 Å². The molecule has 0 aromatic heterocycles. The zero-order valence-electron chi connectivity index (χ0n) is 7.12. The van der Waals surface area contributed by atoms with Crippen LogP contribution in [0.5, 0.6) is 0 Å². The molecule has 0 saturated heterocycles. The molecule has 1 N–H and O–H groups in total. The summed E-state index contributed by atoms with van der Waals surface area (Å²) in [6, 6.07) is 0. The molecule has 4 saturated carbocycles. The average molecular weight is 170 g/mol. The topological polar surface area (TPSA) is 20.2 Å². The van der Waals surface area contributed by atoms with Crippen molar-refractivity contribution >= 4 is 0 Å². The second kappa shape index (κ2) is 2.22. The zero-order valence-corrected chi connectivity index (χ0v) is 7.12. The minimum Gasteiger partial charge on any atom is -0.392 e. The normalized spacial score (nSPS) is 62.5. The first-order chi connectivity index (χ1) is 5.75. The molecule has 4 aliphatic rings. The van der Waals surface area contributed by atoms with Gasteiger partial charge in [0.15, 0.2) is 0 Å². The van der Waals surface area contributed by atoms with Crippen molar-refractivity contribution in [3.05, 3.63) is 0 Å². The van der Waals surface area contributed by atoms with Gasteiger partial charge in [-0.05, 0) is 43.4 Å². The molecular weight excluding hydrogens is 155 g/mol. The summed E-state index contributed by atoms with van der Waals surface area (Å²) in [5.41, 5.74) is 0. The van der Waals surface area contributed by atoms with Gasteiger partial charge in [0.1, 0.15) is 6.17 Å². The highest BCUT2D eigenvalue weighted by atomic mass is 19.1. The summed E-state index contributed by atoms with van der Waals surface area (Å²) < 4.78 is 13.6. The highest BCUT2D eigenvalue weighted by molar-refractivity contribution is 5.02. The van der Waals surface area contributed by atoms with Crippen molar-refractivity contribution in [3.8, 4) is 0 Å². The first kappa shape index (κ1) is 7.31. The van der Waals surface area contributed by atoms with E-state index in [4.69, 9.17) is 0 Å². The zero-order chi connectivity index (χ0) is 8.29. The lowest BCUT2D eigenvalue weighted by atomic mass is 9.54. The van der Waals surface area contributed by atoms with Crippen molar-refractivity contribution in [2.24, 2.45) is 23.7 Å². The third kappa shape index (κ3) is 0.769. The summed E-state index contributed by atoms with van der Waals surface area (Å²) in [5, 5.41) is 9.76. The second-order valence-electron chi connectivity index (χ2n) is 4.93. The van der Waals surface area contributed by atoms with Crippen LogP contribution in [0.25, 0.3) is 0 Å². The summed E-state index contributed by atoms with van der Waals surface area (Å²) >= 11 is 0. The number of hydrogen-bond donors (Lipinski definition) is 1. The molecule has 1 nitrogen and oxygen atoms in total. The number of hydrogen-bond acceptors (Lipinski definition) is 1. The summed E-state index contributed by atoms with van der Waals surface area (Å²) in [4.78, 5) is 0. The van der Waals surface area contributed by atoms with Gasteiger partial charge in [0, 0.05) is 5.92 Å². The van der Waals surface area contributed by atoms with E-state index in [9.17, 15) is 9.50 Å². The van der Waals surface area contributed by atoms with E-state index in [2.05, 4.69) is 0 Å². The van der Waals surface area contributed by atoms with Crippen molar-refractivity contribution in [1.82, 2.24) is 0 Å². The van der Waals surface area contributed by atoms with Gasteiger partial charge >= 0.3 is 0 Å². The Balaban J connectivity index is 1.93. The predicted octanol–water partition coefficient (Wildman–Crippen LogP) is 1.75. The standard InChI is InChI=1S/C10H15FO/c11-9-6-1-5-2-7(4-6)10(12)8(9)3-5/h5-10,12H,1-4H2/t5?,6-,7+,8-,9-,10?/m0/s1. The van der Waals surface area contributed by atoms with Crippen molar-refractivity contribution in [3.63, 3.8) is 0 Å². The Morgan fingerprint density at radius 1 is 1.00 bits per heavy atom. The van der Waals surface area contributed by atoms with Crippen molar-refractivity contribution in [2.45, 2.75) is 38.0 Å². The van der Waals surface area contributed by atoms with Crippen LogP contribution in [-0.2, 0) is 0 Å².